The van der Waals surface area contributed by atoms with Gasteiger partial charge in [0, 0.05) is 12.1 Å². The maximum atomic E-state index is 12.4. The van der Waals surface area contributed by atoms with E-state index in [4.69, 9.17) is 13.9 Å². The van der Waals surface area contributed by atoms with Crippen molar-refractivity contribution in [3.8, 4) is 11.5 Å². The van der Waals surface area contributed by atoms with Crippen LogP contribution in [0.15, 0.2) is 58.0 Å². The molecule has 0 saturated carbocycles. The molecule has 0 amide bonds. The van der Waals surface area contributed by atoms with E-state index in [2.05, 4.69) is 0 Å². The van der Waals surface area contributed by atoms with E-state index in [9.17, 15) is 9.59 Å². The Hall–Kier alpha value is -3.12. The second-order valence-corrected chi connectivity index (χ2v) is 6.36. The largest absolute Gasteiger partial charge is 0.462 e. The van der Waals surface area contributed by atoms with Gasteiger partial charge in [-0.05, 0) is 42.6 Å². The SMILES string of the molecule is Cc1ccc(/C=C2\Oc3cc(OC(=O)c4cccs4)ccc3C2=O)o1. The maximum Gasteiger partial charge on any atom is 0.353 e. The van der Waals surface area contributed by atoms with Crippen LogP contribution in [0.5, 0.6) is 11.5 Å². The van der Waals surface area contributed by atoms with Gasteiger partial charge in [-0.1, -0.05) is 6.07 Å². The van der Waals surface area contributed by atoms with Crippen molar-refractivity contribution in [3.05, 3.63) is 75.6 Å². The lowest BCUT2D eigenvalue weighted by molar-refractivity contribution is 0.0739. The summed E-state index contributed by atoms with van der Waals surface area (Å²) in [5.74, 6) is 1.46. The summed E-state index contributed by atoms with van der Waals surface area (Å²) in [6.07, 6.45) is 1.55. The van der Waals surface area contributed by atoms with Gasteiger partial charge in [-0.2, -0.15) is 0 Å². The molecule has 0 aliphatic carbocycles. The topological polar surface area (TPSA) is 65.7 Å². The molecular weight excluding hydrogens is 340 g/mol. The normalized spacial score (nSPS) is 14.4. The minimum absolute atomic E-state index is 0.172. The van der Waals surface area contributed by atoms with Crippen molar-refractivity contribution in [1.82, 2.24) is 0 Å². The summed E-state index contributed by atoms with van der Waals surface area (Å²) in [5.41, 5.74) is 0.422. The summed E-state index contributed by atoms with van der Waals surface area (Å²) in [6.45, 7) is 1.82. The molecule has 2 aromatic heterocycles. The van der Waals surface area contributed by atoms with Gasteiger partial charge in [0.1, 0.15) is 27.9 Å². The number of carbonyl (C=O) groups is 2. The van der Waals surface area contributed by atoms with Gasteiger partial charge >= 0.3 is 5.97 Å². The van der Waals surface area contributed by atoms with Crippen LogP contribution in [0.2, 0.25) is 0 Å². The van der Waals surface area contributed by atoms with Crippen LogP contribution in [0.3, 0.4) is 0 Å². The third kappa shape index (κ3) is 2.99. The highest BCUT2D eigenvalue weighted by atomic mass is 32.1. The van der Waals surface area contributed by atoms with Crippen molar-refractivity contribution < 1.29 is 23.5 Å². The number of carbonyl (C=O) groups excluding carboxylic acids is 2. The molecule has 25 heavy (non-hydrogen) atoms. The fourth-order valence-electron chi connectivity index (χ4n) is 2.44. The van der Waals surface area contributed by atoms with E-state index < -0.39 is 5.97 Å². The van der Waals surface area contributed by atoms with Crippen LogP contribution in [0, 0.1) is 6.92 Å². The monoisotopic (exact) mass is 352 g/mol. The Morgan fingerprint density at radius 2 is 2.08 bits per heavy atom. The molecule has 3 aromatic rings. The Kier molecular flexibility index (Phi) is 3.74. The van der Waals surface area contributed by atoms with Crippen LogP contribution in [0.1, 0.15) is 31.6 Å². The molecule has 1 aliphatic heterocycles. The molecule has 6 heteroatoms. The number of rotatable bonds is 3. The lowest BCUT2D eigenvalue weighted by Crippen LogP contribution is -2.06. The first-order chi connectivity index (χ1) is 12.1. The molecule has 5 nitrogen and oxygen atoms in total. The molecule has 0 atom stereocenters. The molecule has 0 unspecified atom stereocenters. The molecule has 0 spiro atoms. The number of hydrogen-bond donors (Lipinski definition) is 0. The lowest BCUT2D eigenvalue weighted by Gasteiger charge is -2.04. The molecule has 0 N–H and O–H groups in total. The first-order valence-electron chi connectivity index (χ1n) is 7.50. The van der Waals surface area contributed by atoms with Gasteiger partial charge in [0.15, 0.2) is 5.76 Å². The van der Waals surface area contributed by atoms with Crippen molar-refractivity contribution >= 4 is 29.2 Å². The van der Waals surface area contributed by atoms with E-state index in [-0.39, 0.29) is 11.5 Å². The molecule has 124 valence electrons. The van der Waals surface area contributed by atoms with E-state index in [0.29, 0.717) is 27.7 Å². The van der Waals surface area contributed by atoms with Crippen LogP contribution in [-0.4, -0.2) is 11.8 Å². The van der Waals surface area contributed by atoms with Gasteiger partial charge in [0.25, 0.3) is 0 Å². The number of fused-ring (bicyclic) bond motifs is 1. The number of Topliss-reactive ketones (excluding diaryl/α,β-unsaturated/α-hetero) is 1. The van der Waals surface area contributed by atoms with Crippen molar-refractivity contribution in [1.29, 1.82) is 0 Å². The van der Waals surface area contributed by atoms with Crippen LogP contribution in [-0.2, 0) is 0 Å². The van der Waals surface area contributed by atoms with Gasteiger partial charge in [-0.3, -0.25) is 4.79 Å². The van der Waals surface area contributed by atoms with Crippen molar-refractivity contribution in [2.24, 2.45) is 0 Å². The Morgan fingerprint density at radius 3 is 2.80 bits per heavy atom. The quantitative estimate of drug-likeness (QED) is 0.395. The van der Waals surface area contributed by atoms with Crippen molar-refractivity contribution in [3.63, 3.8) is 0 Å². The van der Waals surface area contributed by atoms with Crippen LogP contribution in [0.25, 0.3) is 6.08 Å². The predicted molar refractivity (Wildman–Crippen MR) is 92.1 cm³/mol. The highest BCUT2D eigenvalue weighted by molar-refractivity contribution is 7.12. The van der Waals surface area contributed by atoms with Gasteiger partial charge in [-0.15, -0.1) is 11.3 Å². The maximum absolute atomic E-state index is 12.4. The second-order valence-electron chi connectivity index (χ2n) is 5.41. The second kappa shape index (κ2) is 6.07. The number of ketones is 1. The van der Waals surface area contributed by atoms with Crippen molar-refractivity contribution in [2.45, 2.75) is 6.92 Å². The smallest absolute Gasteiger partial charge is 0.353 e. The zero-order chi connectivity index (χ0) is 17.4. The summed E-state index contributed by atoms with van der Waals surface area (Å²) in [7, 11) is 0. The Morgan fingerprint density at radius 1 is 1.20 bits per heavy atom. The van der Waals surface area contributed by atoms with E-state index in [1.807, 2.05) is 6.92 Å². The van der Waals surface area contributed by atoms with E-state index >= 15 is 0 Å². The van der Waals surface area contributed by atoms with Crippen LogP contribution < -0.4 is 9.47 Å². The minimum atomic E-state index is -0.443. The number of benzene rings is 1. The number of ether oxygens (including phenoxy) is 2. The summed E-state index contributed by atoms with van der Waals surface area (Å²) < 4.78 is 16.4. The average Bonchev–Trinajstić information content (AvgIpc) is 3.30. The fraction of sp³-hybridized carbons (Fsp3) is 0.0526. The first kappa shape index (κ1) is 15.4. The highest BCUT2D eigenvalue weighted by Crippen LogP contribution is 2.35. The number of hydrogen-bond acceptors (Lipinski definition) is 6. The van der Waals surface area contributed by atoms with E-state index in [1.54, 1.807) is 47.9 Å². The zero-order valence-electron chi connectivity index (χ0n) is 13.1. The average molecular weight is 352 g/mol. The standard InChI is InChI=1S/C19H12O5S/c1-11-4-5-12(22-11)10-16-18(20)14-7-6-13(9-15(14)24-16)23-19(21)17-3-2-8-25-17/h2-10H,1H3/b16-10-. The zero-order valence-corrected chi connectivity index (χ0v) is 14.0. The Bertz CT molecular complexity index is 995. The molecule has 0 radical (unpaired) electrons. The van der Waals surface area contributed by atoms with E-state index in [1.165, 1.54) is 17.4 Å². The highest BCUT2D eigenvalue weighted by Gasteiger charge is 2.28. The first-order valence-corrected chi connectivity index (χ1v) is 8.38. The third-order valence-electron chi connectivity index (χ3n) is 3.61. The molecule has 1 aromatic carbocycles. The fourth-order valence-corrected chi connectivity index (χ4v) is 3.04. The predicted octanol–water partition coefficient (Wildman–Crippen LogP) is 4.48. The number of esters is 1. The summed E-state index contributed by atoms with van der Waals surface area (Å²) in [5, 5.41) is 1.80. The summed E-state index contributed by atoms with van der Waals surface area (Å²) in [6, 6.07) is 11.7. The molecule has 0 bridgehead atoms. The molecule has 0 fully saturated rings. The van der Waals surface area contributed by atoms with E-state index in [0.717, 1.165) is 5.76 Å². The van der Waals surface area contributed by atoms with Gasteiger partial charge < -0.3 is 13.9 Å². The third-order valence-corrected chi connectivity index (χ3v) is 4.46. The van der Waals surface area contributed by atoms with Gasteiger partial charge in [0.05, 0.1) is 5.56 Å². The van der Waals surface area contributed by atoms with Crippen molar-refractivity contribution in [2.75, 3.05) is 0 Å². The molecular formula is C19H12O5S. The number of allylic oxidation sites excluding steroid dienone is 1. The summed E-state index contributed by atoms with van der Waals surface area (Å²) >= 11 is 1.30. The molecule has 3 heterocycles. The van der Waals surface area contributed by atoms with Gasteiger partial charge in [0.2, 0.25) is 5.78 Å². The summed E-state index contributed by atoms with van der Waals surface area (Å²) in [4.78, 5) is 24.9. The Balaban J connectivity index is 1.57. The number of aryl methyl sites for hydroxylation is 1. The lowest BCUT2D eigenvalue weighted by atomic mass is 10.1. The number of thiophene rings is 1. The van der Waals surface area contributed by atoms with Crippen LogP contribution >= 0.6 is 11.3 Å². The molecule has 1 aliphatic rings. The minimum Gasteiger partial charge on any atom is -0.462 e. The van der Waals surface area contributed by atoms with Gasteiger partial charge in [-0.25, -0.2) is 4.79 Å². The molecule has 0 saturated heterocycles. The molecule has 4 rings (SSSR count). The van der Waals surface area contributed by atoms with Crippen LogP contribution in [0.4, 0.5) is 0 Å². The number of furan rings is 1. The Labute approximate surface area is 147 Å².